The second-order valence-corrected chi connectivity index (χ2v) is 21.1. The Morgan fingerprint density at radius 1 is 0.365 bits per heavy atom. The summed E-state index contributed by atoms with van der Waals surface area (Å²) in [6, 6.07) is 27.6. The maximum absolute atomic E-state index is 15.2. The first-order chi connectivity index (χ1) is 41.4. The number of allylic oxidation sites excluding steroid dienone is 2. The van der Waals surface area contributed by atoms with Crippen molar-refractivity contribution in [3.8, 4) is 81.9 Å². The monoisotopic (exact) mass is 1150 g/mol. The molecule has 0 radical (unpaired) electrons. The lowest BCUT2D eigenvalue weighted by Crippen LogP contribution is -2.37. The molecule has 1 saturated carbocycles. The normalized spacial score (nSPS) is 15.2. The number of carbonyl (C=O) groups excluding carboxylic acids is 2. The summed E-state index contributed by atoms with van der Waals surface area (Å²) in [6.07, 6.45) is 15.4. The van der Waals surface area contributed by atoms with E-state index in [0.29, 0.717) is 66.2 Å². The predicted octanol–water partition coefficient (Wildman–Crippen LogP) is 16.1. The summed E-state index contributed by atoms with van der Waals surface area (Å²) in [5.74, 6) is 18.2. The van der Waals surface area contributed by atoms with Crippen LogP contribution in [0.1, 0.15) is 156 Å². The van der Waals surface area contributed by atoms with Crippen LogP contribution in [-0.2, 0) is 9.59 Å². The van der Waals surface area contributed by atoms with E-state index < -0.39 is 47.0 Å². The Balaban J connectivity index is 1.08. The number of fused-ring (bicyclic) bond motifs is 2. The highest BCUT2D eigenvalue weighted by Crippen LogP contribution is 2.49. The van der Waals surface area contributed by atoms with Gasteiger partial charge in [-0.2, -0.15) is 0 Å². The molecule has 85 heavy (non-hydrogen) atoms. The number of hydrogen-bond acceptors (Lipinski definition) is 8. The van der Waals surface area contributed by atoms with Crippen LogP contribution < -0.4 is 28.4 Å². The minimum absolute atomic E-state index is 0.0342. The molecule has 2 aliphatic rings. The van der Waals surface area contributed by atoms with Crippen LogP contribution in [0.2, 0.25) is 0 Å². The molecule has 1 fully saturated rings. The van der Waals surface area contributed by atoms with Gasteiger partial charge < -0.3 is 28.4 Å². The molecule has 8 nitrogen and oxygen atoms in total. The molecule has 8 rings (SSSR count). The van der Waals surface area contributed by atoms with Crippen molar-refractivity contribution in [1.82, 2.24) is 0 Å². The fraction of sp³-hybridized carbons (Fsp3) is 0.342. The molecular formula is C73H70F4O8. The fourth-order valence-corrected chi connectivity index (χ4v) is 9.88. The van der Waals surface area contributed by atoms with E-state index in [9.17, 15) is 9.59 Å². The number of hydrogen-bond donors (Lipinski definition) is 0. The summed E-state index contributed by atoms with van der Waals surface area (Å²) in [6.45, 7) is 9.86. The summed E-state index contributed by atoms with van der Waals surface area (Å²) in [4.78, 5) is 29.5. The first-order valence-electron chi connectivity index (χ1n) is 29.6. The first-order valence-corrected chi connectivity index (χ1v) is 29.6. The Labute approximate surface area is 497 Å². The Morgan fingerprint density at radius 2 is 0.635 bits per heavy atom. The molecule has 438 valence electrons. The van der Waals surface area contributed by atoms with Gasteiger partial charge in [0.1, 0.15) is 11.5 Å². The van der Waals surface area contributed by atoms with Gasteiger partial charge in [0.15, 0.2) is 46.3 Å². The number of unbranched alkanes of at least 4 members (excludes halogenated alkanes) is 8. The van der Waals surface area contributed by atoms with E-state index in [1.54, 1.807) is 72.8 Å². The molecule has 0 amide bonds. The van der Waals surface area contributed by atoms with Gasteiger partial charge in [-0.1, -0.05) is 139 Å². The lowest BCUT2D eigenvalue weighted by molar-refractivity contribution is -0.151. The fourth-order valence-electron chi connectivity index (χ4n) is 9.88. The second kappa shape index (κ2) is 31.7. The average Bonchev–Trinajstić information content (AvgIpc) is 3.14. The lowest BCUT2D eigenvalue weighted by atomic mass is 9.83. The van der Waals surface area contributed by atoms with Crippen molar-refractivity contribution in [3.63, 3.8) is 0 Å². The second-order valence-electron chi connectivity index (χ2n) is 21.1. The van der Waals surface area contributed by atoms with Crippen LogP contribution in [0, 0.1) is 94.3 Å². The standard InChI is InChI=1S/C73H70F4O8/c1-5-9-13-39-80-64-35-25-50(43-60(64)74)17-19-54-23-31-56(29-21-52-27-37-66(62(76)45-52)82-41-15-11-7-3)68(47-54)84-72(78)70-58-33-34-59(49-58)71(70)73(79)85-69-48-55(20-18-51-26-36-65(61(75)44-51)81-40-14-10-6-2)24-32-57(69)30-22-53-28-38-67(63(77)46-53)83-42-16-12-8-4/h23-28,31-38,43-48,58-59,70-71H,5-16,39-42,49H2,1-4H3/t58-,59+,70-,71-/m1/s1. The number of carbonyl (C=O) groups is 2. The number of halogens is 4. The van der Waals surface area contributed by atoms with E-state index in [1.807, 2.05) is 12.2 Å². The Hall–Kier alpha value is -8.84. The molecule has 0 aromatic heterocycles. The zero-order valence-electron chi connectivity index (χ0n) is 48.7. The first kappa shape index (κ1) is 62.2. The van der Waals surface area contributed by atoms with Crippen LogP contribution in [0.15, 0.2) is 121 Å². The number of esters is 2. The molecule has 0 unspecified atom stereocenters. The van der Waals surface area contributed by atoms with Gasteiger partial charge in [0.05, 0.1) is 49.4 Å². The third-order valence-electron chi connectivity index (χ3n) is 14.5. The maximum atomic E-state index is 15.2. The van der Waals surface area contributed by atoms with E-state index in [4.69, 9.17) is 28.4 Å². The molecule has 12 heteroatoms. The van der Waals surface area contributed by atoms with Gasteiger partial charge in [-0.05, 0) is 153 Å². The van der Waals surface area contributed by atoms with Crippen molar-refractivity contribution < 1.29 is 55.6 Å². The van der Waals surface area contributed by atoms with E-state index >= 15 is 17.6 Å². The largest absolute Gasteiger partial charge is 0.491 e. The van der Waals surface area contributed by atoms with Gasteiger partial charge in [-0.3, -0.25) is 9.59 Å². The van der Waals surface area contributed by atoms with Crippen molar-refractivity contribution in [2.24, 2.45) is 23.7 Å². The number of benzene rings is 6. The van der Waals surface area contributed by atoms with Crippen molar-refractivity contribution in [3.05, 3.63) is 189 Å². The van der Waals surface area contributed by atoms with Crippen LogP contribution in [-0.4, -0.2) is 38.4 Å². The Morgan fingerprint density at radius 3 is 0.918 bits per heavy atom. The van der Waals surface area contributed by atoms with Crippen molar-refractivity contribution in [1.29, 1.82) is 0 Å². The lowest BCUT2D eigenvalue weighted by Gasteiger charge is -2.25. The predicted molar refractivity (Wildman–Crippen MR) is 321 cm³/mol. The summed E-state index contributed by atoms with van der Waals surface area (Å²) in [5, 5.41) is 0. The molecule has 2 bridgehead atoms. The minimum Gasteiger partial charge on any atom is -0.491 e. The third kappa shape index (κ3) is 17.8. The quantitative estimate of drug-likeness (QED) is 0.0148. The molecular weight excluding hydrogens is 1080 g/mol. The van der Waals surface area contributed by atoms with Gasteiger partial charge in [0.25, 0.3) is 0 Å². The average molecular weight is 1150 g/mol. The van der Waals surface area contributed by atoms with Crippen molar-refractivity contribution in [2.45, 2.75) is 111 Å². The molecule has 0 heterocycles. The zero-order chi connectivity index (χ0) is 59.9. The highest BCUT2D eigenvalue weighted by Gasteiger charge is 2.53. The molecule has 6 aromatic rings. The van der Waals surface area contributed by atoms with Crippen molar-refractivity contribution >= 4 is 11.9 Å². The summed E-state index contributed by atoms with van der Waals surface area (Å²) < 4.78 is 95.8. The van der Waals surface area contributed by atoms with Crippen LogP contribution in [0.4, 0.5) is 17.6 Å². The molecule has 4 atom stereocenters. The van der Waals surface area contributed by atoms with Gasteiger partial charge in [-0.15, -0.1) is 0 Å². The molecule has 2 aliphatic carbocycles. The summed E-state index contributed by atoms with van der Waals surface area (Å²) >= 11 is 0. The maximum Gasteiger partial charge on any atom is 0.315 e. The van der Waals surface area contributed by atoms with Crippen LogP contribution >= 0.6 is 0 Å². The van der Waals surface area contributed by atoms with E-state index in [1.165, 1.54) is 36.4 Å². The van der Waals surface area contributed by atoms with Gasteiger partial charge in [-0.25, -0.2) is 17.6 Å². The molecule has 6 aromatic carbocycles. The van der Waals surface area contributed by atoms with Gasteiger partial charge in [0.2, 0.25) is 0 Å². The van der Waals surface area contributed by atoms with Crippen LogP contribution in [0.3, 0.4) is 0 Å². The topological polar surface area (TPSA) is 89.5 Å². The van der Waals surface area contributed by atoms with Crippen LogP contribution in [0.25, 0.3) is 0 Å². The van der Waals surface area contributed by atoms with E-state index in [0.717, 1.165) is 77.0 Å². The molecule has 0 N–H and O–H groups in total. The van der Waals surface area contributed by atoms with Crippen LogP contribution in [0.5, 0.6) is 34.5 Å². The van der Waals surface area contributed by atoms with E-state index in [-0.39, 0.29) is 57.5 Å². The van der Waals surface area contributed by atoms with E-state index in [2.05, 4.69) is 75.1 Å². The highest BCUT2D eigenvalue weighted by molar-refractivity contribution is 5.87. The van der Waals surface area contributed by atoms with Crippen molar-refractivity contribution in [2.75, 3.05) is 26.4 Å². The molecule has 0 spiro atoms. The van der Waals surface area contributed by atoms with Gasteiger partial charge in [0, 0.05) is 33.4 Å². The van der Waals surface area contributed by atoms with Gasteiger partial charge >= 0.3 is 11.9 Å². The zero-order valence-corrected chi connectivity index (χ0v) is 48.7. The number of rotatable bonds is 24. The summed E-state index contributed by atoms with van der Waals surface area (Å²) in [7, 11) is 0. The SMILES string of the molecule is CCCCCOc1ccc(C#Cc2ccc(C#Cc3ccc(OCCCCC)c(F)c3)c(OC(=O)[C@H]3[C@H](C(=O)Oc4cc(C#Cc5ccc(OCCCCC)c(F)c5)ccc4C#Cc4ccc(OCCCCC)c(F)c4)[C@H]4C=C[C@@H]3C4)c2)cc1F. The highest BCUT2D eigenvalue weighted by atomic mass is 19.1. The molecule has 0 aliphatic heterocycles. The smallest absolute Gasteiger partial charge is 0.315 e. The third-order valence-corrected chi connectivity index (χ3v) is 14.5. The number of ether oxygens (including phenoxy) is 6. The molecule has 0 saturated heterocycles. The summed E-state index contributed by atoms with van der Waals surface area (Å²) in [5.41, 5.74) is 2.84. The Bertz CT molecular complexity index is 3380. The Kier molecular flexibility index (Phi) is 23.2. The minimum atomic E-state index is -1.00.